The Morgan fingerprint density at radius 1 is 1.30 bits per heavy atom. The van der Waals surface area contributed by atoms with Crippen LogP contribution in [0.15, 0.2) is 18.2 Å². The number of halogens is 1. The Morgan fingerprint density at radius 2 is 2.00 bits per heavy atom. The Hall–Kier alpha value is -2.14. The number of anilines is 1. The maximum atomic E-state index is 12.9. The number of hydrogen-bond donors (Lipinski definition) is 0. The summed E-state index contributed by atoms with van der Waals surface area (Å²) in [4.78, 5) is 30.2. The molecule has 1 saturated heterocycles. The summed E-state index contributed by atoms with van der Waals surface area (Å²) in [6, 6.07) is 7.51. The number of amides is 2. The molecule has 2 amide bonds. The van der Waals surface area contributed by atoms with E-state index in [9.17, 15) is 9.59 Å². The predicted octanol–water partition coefficient (Wildman–Crippen LogP) is 1.69. The van der Waals surface area contributed by atoms with E-state index in [1.807, 2.05) is 17.9 Å². The van der Waals surface area contributed by atoms with E-state index in [0.717, 1.165) is 11.3 Å². The molecule has 7 nitrogen and oxygen atoms in total. The number of ether oxygens (including phenoxy) is 1. The third-order valence-electron chi connectivity index (χ3n) is 4.55. The van der Waals surface area contributed by atoms with Gasteiger partial charge in [-0.1, -0.05) is 11.6 Å². The van der Waals surface area contributed by atoms with Crippen molar-refractivity contribution in [3.63, 3.8) is 0 Å². The van der Waals surface area contributed by atoms with Crippen LogP contribution < -0.4 is 4.90 Å². The highest BCUT2D eigenvalue weighted by Gasteiger charge is 2.24. The van der Waals surface area contributed by atoms with Crippen molar-refractivity contribution < 1.29 is 14.3 Å². The van der Waals surface area contributed by atoms with Crippen LogP contribution in [0.2, 0.25) is 5.02 Å². The predicted molar refractivity (Wildman–Crippen MR) is 104 cm³/mol. The van der Waals surface area contributed by atoms with Gasteiger partial charge in [-0.25, -0.2) is 0 Å². The van der Waals surface area contributed by atoms with Gasteiger partial charge in [-0.3, -0.25) is 14.5 Å². The van der Waals surface area contributed by atoms with Crippen molar-refractivity contribution in [2.75, 3.05) is 57.9 Å². The quantitative estimate of drug-likeness (QED) is 0.705. The van der Waals surface area contributed by atoms with Crippen LogP contribution in [0.25, 0.3) is 0 Å². The third-order valence-corrected chi connectivity index (χ3v) is 4.98. The first-order chi connectivity index (χ1) is 13.0. The molecule has 1 fully saturated rings. The molecular formula is C19H25ClN4O3. The molecule has 0 atom stereocenters. The van der Waals surface area contributed by atoms with Crippen molar-refractivity contribution in [3.8, 4) is 6.07 Å². The van der Waals surface area contributed by atoms with Crippen molar-refractivity contribution in [3.05, 3.63) is 28.8 Å². The number of rotatable bonds is 7. The van der Waals surface area contributed by atoms with E-state index in [-0.39, 0.29) is 31.4 Å². The van der Waals surface area contributed by atoms with Crippen LogP contribution in [0, 0.1) is 18.3 Å². The second-order valence-corrected chi connectivity index (χ2v) is 6.88. The van der Waals surface area contributed by atoms with E-state index in [4.69, 9.17) is 21.6 Å². The minimum Gasteiger partial charge on any atom is -0.375 e. The highest BCUT2D eigenvalue weighted by molar-refractivity contribution is 6.31. The van der Waals surface area contributed by atoms with Crippen LogP contribution in [0.3, 0.4) is 0 Å². The van der Waals surface area contributed by atoms with Gasteiger partial charge in [0.15, 0.2) is 0 Å². The maximum absolute atomic E-state index is 12.9. The molecule has 1 aliphatic rings. The van der Waals surface area contributed by atoms with E-state index < -0.39 is 0 Å². The number of benzene rings is 1. The lowest BCUT2D eigenvalue weighted by atomic mass is 10.2. The van der Waals surface area contributed by atoms with Crippen LogP contribution in [0.5, 0.6) is 0 Å². The highest BCUT2D eigenvalue weighted by Crippen LogP contribution is 2.23. The summed E-state index contributed by atoms with van der Waals surface area (Å²) >= 11 is 6.08. The van der Waals surface area contributed by atoms with Gasteiger partial charge in [0.2, 0.25) is 11.8 Å². The second kappa shape index (κ2) is 10.3. The second-order valence-electron chi connectivity index (χ2n) is 6.48. The Kier molecular flexibility index (Phi) is 8.04. The average Bonchev–Trinajstić information content (AvgIpc) is 2.65. The lowest BCUT2D eigenvalue weighted by molar-refractivity contribution is -0.137. The van der Waals surface area contributed by atoms with Gasteiger partial charge in [0.25, 0.3) is 0 Å². The normalized spacial score (nSPS) is 14.7. The number of piperazine rings is 1. The Balaban J connectivity index is 1.99. The molecule has 1 aromatic carbocycles. The van der Waals surface area contributed by atoms with Gasteiger partial charge in [-0.05, 0) is 30.7 Å². The van der Waals surface area contributed by atoms with Crippen LogP contribution in [0.4, 0.5) is 5.69 Å². The molecule has 0 radical (unpaired) electrons. The molecule has 146 valence electrons. The van der Waals surface area contributed by atoms with Gasteiger partial charge >= 0.3 is 0 Å². The van der Waals surface area contributed by atoms with E-state index in [2.05, 4.69) is 6.07 Å². The molecule has 0 spiro atoms. The van der Waals surface area contributed by atoms with Crippen LogP contribution >= 0.6 is 11.6 Å². The molecule has 27 heavy (non-hydrogen) atoms. The monoisotopic (exact) mass is 392 g/mol. The first kappa shape index (κ1) is 21.2. The fourth-order valence-electron chi connectivity index (χ4n) is 3.00. The van der Waals surface area contributed by atoms with Crippen molar-refractivity contribution >= 4 is 29.1 Å². The molecular weight excluding hydrogens is 368 g/mol. The standard InChI is InChI=1S/C19H25ClN4O3/c1-15-12-16(4-5-17(15)20)24(7-3-6-21)18(25)13-22-8-10-23(11-9-22)19(26)14-27-2/h4-5,12H,3,7-11,13-14H2,1-2H3. The molecule has 0 aliphatic carbocycles. The number of carbonyl (C=O) groups excluding carboxylic acids is 2. The fourth-order valence-corrected chi connectivity index (χ4v) is 3.12. The number of methoxy groups -OCH3 is 1. The van der Waals surface area contributed by atoms with E-state index in [1.54, 1.807) is 21.9 Å². The van der Waals surface area contributed by atoms with Crippen LogP contribution in [-0.4, -0.2) is 74.6 Å². The third kappa shape index (κ3) is 5.93. The Morgan fingerprint density at radius 3 is 2.59 bits per heavy atom. The average molecular weight is 393 g/mol. The summed E-state index contributed by atoms with van der Waals surface area (Å²) < 4.78 is 4.88. The molecule has 0 saturated carbocycles. The summed E-state index contributed by atoms with van der Waals surface area (Å²) in [7, 11) is 1.50. The SMILES string of the molecule is COCC(=O)N1CCN(CC(=O)N(CCC#N)c2ccc(Cl)c(C)c2)CC1. The number of aryl methyl sites for hydroxylation is 1. The molecule has 0 bridgehead atoms. The summed E-state index contributed by atoms with van der Waals surface area (Å²) in [5.74, 6) is -0.0978. The molecule has 2 rings (SSSR count). The molecule has 0 N–H and O–H groups in total. The molecule has 0 unspecified atom stereocenters. The summed E-state index contributed by atoms with van der Waals surface area (Å²) in [5.41, 5.74) is 1.63. The molecule has 1 aliphatic heterocycles. The largest absolute Gasteiger partial charge is 0.375 e. The zero-order chi connectivity index (χ0) is 19.8. The smallest absolute Gasteiger partial charge is 0.248 e. The number of nitrogens with zero attached hydrogens (tertiary/aromatic N) is 4. The number of carbonyl (C=O) groups is 2. The highest BCUT2D eigenvalue weighted by atomic mass is 35.5. The molecule has 8 heteroatoms. The lowest BCUT2D eigenvalue weighted by Crippen LogP contribution is -2.52. The lowest BCUT2D eigenvalue weighted by Gasteiger charge is -2.35. The first-order valence-corrected chi connectivity index (χ1v) is 9.26. The number of nitriles is 1. The number of hydrogen-bond acceptors (Lipinski definition) is 5. The van der Waals surface area contributed by atoms with Gasteiger partial charge in [0, 0.05) is 50.5 Å². The summed E-state index contributed by atoms with van der Waals surface area (Å²) in [6.07, 6.45) is 0.257. The fraction of sp³-hybridized carbons (Fsp3) is 0.526. The van der Waals surface area contributed by atoms with Crippen LogP contribution in [0.1, 0.15) is 12.0 Å². The Bertz CT molecular complexity index is 711. The van der Waals surface area contributed by atoms with E-state index >= 15 is 0 Å². The van der Waals surface area contributed by atoms with Crippen LogP contribution in [-0.2, 0) is 14.3 Å². The minimum absolute atomic E-state index is 0.0317. The first-order valence-electron chi connectivity index (χ1n) is 8.88. The van der Waals surface area contributed by atoms with Crippen molar-refractivity contribution in [2.24, 2.45) is 0 Å². The summed E-state index contributed by atoms with van der Waals surface area (Å²) in [5, 5.41) is 9.56. The minimum atomic E-state index is -0.0661. The molecule has 1 aromatic rings. The van der Waals surface area contributed by atoms with Gasteiger partial charge in [-0.2, -0.15) is 5.26 Å². The zero-order valence-electron chi connectivity index (χ0n) is 15.8. The van der Waals surface area contributed by atoms with E-state index in [0.29, 0.717) is 37.7 Å². The van der Waals surface area contributed by atoms with Crippen molar-refractivity contribution in [1.29, 1.82) is 5.26 Å². The molecule has 1 heterocycles. The van der Waals surface area contributed by atoms with Gasteiger partial charge in [0.1, 0.15) is 6.61 Å². The topological polar surface area (TPSA) is 76.9 Å². The van der Waals surface area contributed by atoms with Gasteiger partial charge in [0.05, 0.1) is 19.0 Å². The van der Waals surface area contributed by atoms with E-state index in [1.165, 1.54) is 7.11 Å². The van der Waals surface area contributed by atoms with Crippen molar-refractivity contribution in [2.45, 2.75) is 13.3 Å². The zero-order valence-corrected chi connectivity index (χ0v) is 16.5. The van der Waals surface area contributed by atoms with Gasteiger partial charge < -0.3 is 14.5 Å². The van der Waals surface area contributed by atoms with Crippen molar-refractivity contribution in [1.82, 2.24) is 9.80 Å². The van der Waals surface area contributed by atoms with Gasteiger partial charge in [-0.15, -0.1) is 0 Å². The summed E-state index contributed by atoms with van der Waals surface area (Å²) in [6.45, 7) is 4.97. The maximum Gasteiger partial charge on any atom is 0.248 e. The Labute approximate surface area is 165 Å². The molecule has 0 aromatic heterocycles.